The van der Waals surface area contributed by atoms with E-state index >= 15 is 0 Å². The van der Waals surface area contributed by atoms with Gasteiger partial charge in [0, 0.05) is 13.1 Å². The second-order valence-corrected chi connectivity index (χ2v) is 6.75. The molecule has 1 amide bonds. The molecule has 0 saturated heterocycles. The molecule has 132 valence electrons. The highest BCUT2D eigenvalue weighted by molar-refractivity contribution is 5.88. The van der Waals surface area contributed by atoms with Crippen LogP contribution in [0.15, 0.2) is 48.5 Å². The Labute approximate surface area is 147 Å². The average Bonchev–Trinajstić information content (AvgIpc) is 3.10. The van der Waals surface area contributed by atoms with Crippen molar-refractivity contribution in [3.05, 3.63) is 71.3 Å². The molecule has 0 unspecified atom stereocenters. The second kappa shape index (κ2) is 7.34. The van der Waals surface area contributed by atoms with E-state index in [1.807, 2.05) is 19.1 Å². The lowest BCUT2D eigenvalue weighted by molar-refractivity contribution is -0.137. The van der Waals surface area contributed by atoms with Gasteiger partial charge in [-0.2, -0.15) is 0 Å². The van der Waals surface area contributed by atoms with Crippen LogP contribution in [0.4, 0.5) is 8.78 Å². The Hall–Kier alpha value is -2.23. The molecule has 1 saturated carbocycles. The molecule has 1 aliphatic rings. The Kier molecular flexibility index (Phi) is 5.16. The molecule has 0 aliphatic heterocycles. The summed E-state index contributed by atoms with van der Waals surface area (Å²) in [5.41, 5.74) is 0.862. The fraction of sp³-hybridized carbons (Fsp3) is 0.381. The molecule has 0 heterocycles. The highest BCUT2D eigenvalue weighted by atomic mass is 19.1. The molecule has 1 aliphatic carbocycles. The number of rotatable bonds is 5. The Morgan fingerprint density at radius 2 is 1.68 bits per heavy atom. The van der Waals surface area contributed by atoms with Gasteiger partial charge in [0.05, 0.1) is 5.41 Å². The van der Waals surface area contributed by atoms with Crippen LogP contribution in [0.25, 0.3) is 0 Å². The van der Waals surface area contributed by atoms with Gasteiger partial charge >= 0.3 is 0 Å². The number of nitrogens with zero attached hydrogens (tertiary/aromatic N) is 1. The van der Waals surface area contributed by atoms with Gasteiger partial charge in [0.15, 0.2) is 0 Å². The normalized spacial score (nSPS) is 16.0. The maximum Gasteiger partial charge on any atom is 0.233 e. The minimum Gasteiger partial charge on any atom is -0.338 e. The molecule has 0 radical (unpaired) electrons. The van der Waals surface area contributed by atoms with Crippen molar-refractivity contribution in [1.82, 2.24) is 4.90 Å². The fourth-order valence-corrected chi connectivity index (χ4v) is 3.88. The standard InChI is InChI=1S/C21H23F2NO/c1-2-24(15-16-7-5-9-18(22)13-16)20(25)21(11-3-4-12-21)17-8-6-10-19(23)14-17/h5-10,13-14H,2-4,11-12,15H2,1H3. The molecule has 0 spiro atoms. The number of hydrogen-bond donors (Lipinski definition) is 0. The van der Waals surface area contributed by atoms with Crippen LogP contribution in [0.3, 0.4) is 0 Å². The Balaban J connectivity index is 1.91. The van der Waals surface area contributed by atoms with Gasteiger partial charge in [0.1, 0.15) is 11.6 Å². The second-order valence-electron chi connectivity index (χ2n) is 6.75. The average molecular weight is 343 g/mol. The zero-order chi connectivity index (χ0) is 17.9. The topological polar surface area (TPSA) is 20.3 Å². The van der Waals surface area contributed by atoms with Crippen LogP contribution in [-0.2, 0) is 16.8 Å². The smallest absolute Gasteiger partial charge is 0.233 e. The van der Waals surface area contributed by atoms with Crippen LogP contribution in [0.1, 0.15) is 43.7 Å². The van der Waals surface area contributed by atoms with Crippen LogP contribution < -0.4 is 0 Å². The zero-order valence-corrected chi connectivity index (χ0v) is 14.5. The van der Waals surface area contributed by atoms with Crippen molar-refractivity contribution >= 4 is 5.91 Å². The SMILES string of the molecule is CCN(Cc1cccc(F)c1)C(=O)C1(c2cccc(F)c2)CCCC1. The lowest BCUT2D eigenvalue weighted by atomic mass is 9.77. The van der Waals surface area contributed by atoms with Gasteiger partial charge in [0.2, 0.25) is 5.91 Å². The molecule has 0 bridgehead atoms. The first-order valence-corrected chi connectivity index (χ1v) is 8.85. The maximum atomic E-state index is 13.8. The molecule has 0 N–H and O–H groups in total. The number of carbonyl (C=O) groups is 1. The van der Waals surface area contributed by atoms with Crippen molar-refractivity contribution in [2.45, 2.75) is 44.6 Å². The molecule has 1 fully saturated rings. The van der Waals surface area contributed by atoms with E-state index < -0.39 is 5.41 Å². The number of amides is 1. The van der Waals surface area contributed by atoms with E-state index in [9.17, 15) is 13.6 Å². The Bertz CT molecular complexity index is 753. The van der Waals surface area contributed by atoms with Crippen molar-refractivity contribution < 1.29 is 13.6 Å². The van der Waals surface area contributed by atoms with Crippen molar-refractivity contribution in [2.24, 2.45) is 0 Å². The van der Waals surface area contributed by atoms with E-state index in [4.69, 9.17) is 0 Å². The number of benzene rings is 2. The summed E-state index contributed by atoms with van der Waals surface area (Å²) in [5.74, 6) is -0.603. The number of carbonyl (C=O) groups excluding carboxylic acids is 1. The molecule has 0 aromatic heterocycles. The van der Waals surface area contributed by atoms with E-state index in [-0.39, 0.29) is 17.5 Å². The van der Waals surface area contributed by atoms with E-state index in [1.54, 1.807) is 17.0 Å². The number of hydrogen-bond acceptors (Lipinski definition) is 1. The first-order chi connectivity index (χ1) is 12.0. The summed E-state index contributed by atoms with van der Waals surface area (Å²) >= 11 is 0. The van der Waals surface area contributed by atoms with Crippen LogP contribution >= 0.6 is 0 Å². The molecule has 2 nitrogen and oxygen atoms in total. The van der Waals surface area contributed by atoms with Crippen LogP contribution in [0.2, 0.25) is 0 Å². The third kappa shape index (κ3) is 3.58. The lowest BCUT2D eigenvalue weighted by Crippen LogP contribution is -2.45. The Morgan fingerprint density at radius 1 is 1.04 bits per heavy atom. The zero-order valence-electron chi connectivity index (χ0n) is 14.5. The van der Waals surface area contributed by atoms with Crippen molar-refractivity contribution in [3.8, 4) is 0 Å². The Morgan fingerprint density at radius 3 is 2.28 bits per heavy atom. The van der Waals surface area contributed by atoms with E-state index in [1.165, 1.54) is 24.3 Å². The summed E-state index contributed by atoms with van der Waals surface area (Å²) in [6, 6.07) is 12.7. The molecular formula is C21H23F2NO. The molecule has 2 aromatic rings. The molecular weight excluding hydrogens is 320 g/mol. The van der Waals surface area contributed by atoms with Crippen molar-refractivity contribution in [1.29, 1.82) is 0 Å². The van der Waals surface area contributed by atoms with Gasteiger partial charge in [-0.25, -0.2) is 8.78 Å². The predicted molar refractivity (Wildman–Crippen MR) is 94.0 cm³/mol. The number of likely N-dealkylation sites (N-methyl/N-ethyl adjacent to an activating group) is 1. The highest BCUT2D eigenvalue weighted by Crippen LogP contribution is 2.43. The first-order valence-electron chi connectivity index (χ1n) is 8.85. The predicted octanol–water partition coefficient (Wildman–Crippen LogP) is 4.83. The van der Waals surface area contributed by atoms with E-state index in [0.717, 1.165) is 36.8 Å². The van der Waals surface area contributed by atoms with Gasteiger partial charge in [-0.15, -0.1) is 0 Å². The lowest BCUT2D eigenvalue weighted by Gasteiger charge is -2.34. The van der Waals surface area contributed by atoms with Gasteiger partial charge in [-0.1, -0.05) is 37.1 Å². The fourth-order valence-electron chi connectivity index (χ4n) is 3.88. The minimum absolute atomic E-state index is 0.0161. The van der Waals surface area contributed by atoms with Crippen LogP contribution in [0.5, 0.6) is 0 Å². The summed E-state index contributed by atoms with van der Waals surface area (Å²) in [7, 11) is 0. The first kappa shape index (κ1) is 17.6. The van der Waals surface area contributed by atoms with Gasteiger partial charge in [-0.3, -0.25) is 4.79 Å². The third-order valence-corrected chi connectivity index (χ3v) is 5.18. The highest BCUT2D eigenvalue weighted by Gasteiger charge is 2.44. The largest absolute Gasteiger partial charge is 0.338 e. The summed E-state index contributed by atoms with van der Waals surface area (Å²) in [4.78, 5) is 15.2. The summed E-state index contributed by atoms with van der Waals surface area (Å²) < 4.78 is 27.2. The third-order valence-electron chi connectivity index (χ3n) is 5.18. The number of halogens is 2. The minimum atomic E-state index is -0.661. The maximum absolute atomic E-state index is 13.8. The van der Waals surface area contributed by atoms with E-state index in [2.05, 4.69) is 0 Å². The molecule has 2 aromatic carbocycles. The summed E-state index contributed by atoms with van der Waals surface area (Å²) in [6.45, 7) is 2.82. The monoisotopic (exact) mass is 343 g/mol. The van der Waals surface area contributed by atoms with Crippen molar-refractivity contribution in [2.75, 3.05) is 6.54 Å². The van der Waals surface area contributed by atoms with Gasteiger partial charge in [-0.05, 0) is 55.2 Å². The molecule has 0 atom stereocenters. The van der Waals surface area contributed by atoms with Crippen LogP contribution in [0, 0.1) is 11.6 Å². The van der Waals surface area contributed by atoms with Gasteiger partial charge < -0.3 is 4.90 Å². The molecule has 25 heavy (non-hydrogen) atoms. The molecule has 3 rings (SSSR count). The van der Waals surface area contributed by atoms with E-state index in [0.29, 0.717) is 13.1 Å². The van der Waals surface area contributed by atoms with Crippen LogP contribution in [-0.4, -0.2) is 17.4 Å². The van der Waals surface area contributed by atoms with Gasteiger partial charge in [0.25, 0.3) is 0 Å². The quantitative estimate of drug-likeness (QED) is 0.762. The van der Waals surface area contributed by atoms with Crippen molar-refractivity contribution in [3.63, 3.8) is 0 Å². The summed E-state index contributed by atoms with van der Waals surface area (Å²) in [5, 5.41) is 0. The molecule has 4 heteroatoms. The summed E-state index contributed by atoms with van der Waals surface area (Å²) in [6.07, 6.45) is 3.38.